The van der Waals surface area contributed by atoms with E-state index in [4.69, 9.17) is 11.6 Å². The summed E-state index contributed by atoms with van der Waals surface area (Å²) in [6.07, 6.45) is 2.01. The van der Waals surface area contributed by atoms with E-state index in [1.54, 1.807) is 0 Å². The van der Waals surface area contributed by atoms with Gasteiger partial charge in [0.2, 0.25) is 12.1 Å². The van der Waals surface area contributed by atoms with Crippen molar-refractivity contribution in [2.24, 2.45) is 5.10 Å². The van der Waals surface area contributed by atoms with Crippen LogP contribution in [0.3, 0.4) is 0 Å². The molecule has 13 nitrogen and oxygen atoms in total. The highest BCUT2D eigenvalue weighted by molar-refractivity contribution is 6.31. The number of H-pyrrole nitrogens is 1. The number of carbonyl (C=O) groups is 1. The standard InChI is InChI=1S/C11H9ClN7O6/c12-7-1-6(10(21)8(2-7)18(22)23)3-14-15-9(20)4-17-5-13-11(16-17)19(24)25/h1-3,5,16H,4H2,(H2-,14,15,20,21,24,25)/q-1. The number of aromatic nitrogens is 3. The number of phenolic OH excluding ortho intramolecular Hbond substituents is 1. The largest absolute Gasteiger partial charge is 0.744 e. The third kappa shape index (κ3) is 4.44. The van der Waals surface area contributed by atoms with Crippen molar-refractivity contribution < 1.29 is 14.8 Å². The van der Waals surface area contributed by atoms with Crippen molar-refractivity contribution in [1.29, 1.82) is 0 Å². The average molecular weight is 371 g/mol. The second kappa shape index (κ2) is 7.31. The van der Waals surface area contributed by atoms with Gasteiger partial charge in [-0.05, 0) is 6.07 Å². The second-order valence-corrected chi connectivity index (χ2v) is 4.91. The van der Waals surface area contributed by atoms with E-state index in [0.717, 1.165) is 23.3 Å². The number of amides is 1. The van der Waals surface area contributed by atoms with Crippen LogP contribution >= 0.6 is 11.6 Å². The number of rotatable bonds is 5. The van der Waals surface area contributed by atoms with Crippen molar-refractivity contribution >= 4 is 29.4 Å². The third-order valence-corrected chi connectivity index (χ3v) is 2.94. The minimum absolute atomic E-state index is 0.00222. The molecule has 14 heteroatoms. The van der Waals surface area contributed by atoms with E-state index >= 15 is 0 Å². The lowest BCUT2D eigenvalue weighted by Crippen LogP contribution is -2.26. The summed E-state index contributed by atoms with van der Waals surface area (Å²) in [5, 5.41) is 47.2. The van der Waals surface area contributed by atoms with Gasteiger partial charge in [0, 0.05) is 16.7 Å². The van der Waals surface area contributed by atoms with Gasteiger partial charge in [0.1, 0.15) is 6.54 Å². The highest BCUT2D eigenvalue weighted by atomic mass is 35.5. The van der Waals surface area contributed by atoms with E-state index in [1.807, 2.05) is 0 Å². The van der Waals surface area contributed by atoms with Crippen molar-refractivity contribution in [3.05, 3.63) is 55.2 Å². The Morgan fingerprint density at radius 3 is 2.80 bits per heavy atom. The van der Waals surface area contributed by atoms with Crippen LogP contribution in [-0.4, -0.2) is 36.9 Å². The van der Waals surface area contributed by atoms with Gasteiger partial charge >= 0.3 is 11.3 Å². The highest BCUT2D eigenvalue weighted by Crippen LogP contribution is 2.32. The van der Waals surface area contributed by atoms with Gasteiger partial charge in [0.25, 0.3) is 5.91 Å². The van der Waals surface area contributed by atoms with Gasteiger partial charge in [-0.3, -0.25) is 19.8 Å². The van der Waals surface area contributed by atoms with Crippen molar-refractivity contribution in [3.8, 4) is 5.75 Å². The Morgan fingerprint density at radius 2 is 2.20 bits per heavy atom. The molecule has 1 amide bonds. The summed E-state index contributed by atoms with van der Waals surface area (Å²) in [6.45, 7) is -0.347. The number of hydrogen-bond donors (Lipinski definition) is 3. The van der Waals surface area contributed by atoms with E-state index in [9.17, 15) is 30.4 Å². The summed E-state index contributed by atoms with van der Waals surface area (Å²) in [4.78, 5) is 24.3. The van der Waals surface area contributed by atoms with Crippen LogP contribution in [-0.2, 0) is 11.3 Å². The smallest absolute Gasteiger partial charge is 0.411 e. The Hall–Kier alpha value is -3.61. The summed E-state index contributed by atoms with van der Waals surface area (Å²) in [6, 6.07) is 2.18. The van der Waals surface area contributed by atoms with Crippen molar-refractivity contribution in [2.45, 2.75) is 6.54 Å². The van der Waals surface area contributed by atoms with Crippen LogP contribution in [0.2, 0.25) is 5.02 Å². The number of nitrogens with zero attached hydrogens (tertiary/aromatic N) is 5. The molecule has 2 aromatic rings. The highest BCUT2D eigenvalue weighted by Gasteiger charge is 2.17. The second-order valence-electron chi connectivity index (χ2n) is 4.48. The number of nitrogens with one attached hydrogen (secondary N) is 2. The number of phenols is 1. The molecule has 0 atom stereocenters. The van der Waals surface area contributed by atoms with Gasteiger partial charge in [0.05, 0.1) is 11.1 Å². The zero-order valence-electron chi connectivity index (χ0n) is 12.1. The number of benzene rings is 1. The monoisotopic (exact) mass is 370 g/mol. The molecule has 0 spiro atoms. The van der Waals surface area contributed by atoms with Crippen LogP contribution in [0.4, 0.5) is 5.69 Å². The number of aromatic amines is 1. The number of nitro groups is 1. The van der Waals surface area contributed by atoms with Crippen molar-refractivity contribution in [3.63, 3.8) is 0 Å². The first-order valence-electron chi connectivity index (χ1n) is 6.35. The van der Waals surface area contributed by atoms with Gasteiger partial charge in [-0.2, -0.15) is 10.2 Å². The number of nitro benzene ring substituents is 1. The lowest BCUT2D eigenvalue weighted by Gasteiger charge is -2.08. The maximum absolute atomic E-state index is 11.6. The van der Waals surface area contributed by atoms with E-state index in [0.29, 0.717) is 0 Å². The van der Waals surface area contributed by atoms with Gasteiger partial charge < -0.3 is 15.5 Å². The molecular weight excluding hydrogens is 362 g/mol. The maximum atomic E-state index is 11.6. The number of halogens is 1. The molecule has 0 saturated carbocycles. The molecule has 0 saturated heterocycles. The first-order chi connectivity index (χ1) is 11.8. The van der Waals surface area contributed by atoms with Crippen LogP contribution < -0.4 is 15.9 Å². The molecule has 132 valence electrons. The fourth-order valence-corrected chi connectivity index (χ4v) is 1.91. The Morgan fingerprint density at radius 1 is 1.48 bits per heavy atom. The van der Waals surface area contributed by atoms with Gasteiger partial charge in [-0.15, -0.1) is 0 Å². The predicted molar refractivity (Wildman–Crippen MR) is 84.1 cm³/mol. The number of aromatic hydroxyl groups is 1. The molecular formula is C11H9ClN7O6-. The Balaban J connectivity index is 2.06. The molecule has 1 aromatic heterocycles. The summed E-state index contributed by atoms with van der Waals surface area (Å²) < 4.78 is 1.05. The molecule has 0 fully saturated rings. The number of hydrogen-bond acceptors (Lipinski definition) is 8. The van der Waals surface area contributed by atoms with Gasteiger partial charge in [-0.25, -0.2) is 10.1 Å². The lowest BCUT2D eigenvalue weighted by molar-refractivity contribution is -0.385. The molecule has 25 heavy (non-hydrogen) atoms. The molecule has 0 aliphatic rings. The minimum Gasteiger partial charge on any atom is -0.744 e. The maximum Gasteiger partial charge on any atom is 0.411 e. The topological polar surface area (TPSA) is 188 Å². The summed E-state index contributed by atoms with van der Waals surface area (Å²) in [7, 11) is 0. The minimum atomic E-state index is -0.821. The van der Waals surface area contributed by atoms with E-state index < -0.39 is 32.8 Å². The molecule has 1 heterocycles. The summed E-state index contributed by atoms with van der Waals surface area (Å²) in [5.41, 5.74) is 0.857. The molecule has 3 N–H and O–H groups in total. The lowest BCUT2D eigenvalue weighted by atomic mass is 10.2. The van der Waals surface area contributed by atoms with E-state index in [-0.39, 0.29) is 17.1 Å². The van der Waals surface area contributed by atoms with Gasteiger partial charge in [-0.1, -0.05) is 16.6 Å². The van der Waals surface area contributed by atoms with Crippen LogP contribution in [0.25, 0.3) is 0 Å². The quantitative estimate of drug-likeness (QED) is 0.355. The van der Waals surface area contributed by atoms with E-state index in [1.165, 1.54) is 6.07 Å². The van der Waals surface area contributed by atoms with Crippen molar-refractivity contribution in [2.75, 3.05) is 0 Å². The Labute approximate surface area is 142 Å². The van der Waals surface area contributed by atoms with E-state index in [2.05, 4.69) is 20.6 Å². The molecule has 0 bridgehead atoms. The first-order valence-corrected chi connectivity index (χ1v) is 6.73. The molecule has 0 aliphatic heterocycles. The molecule has 0 unspecified atom stereocenters. The fraction of sp³-hybridized carbons (Fsp3) is 0.0909. The summed E-state index contributed by atoms with van der Waals surface area (Å²) >= 11 is 5.71. The normalized spacial score (nSPS) is 10.8. The zero-order valence-corrected chi connectivity index (χ0v) is 12.9. The molecule has 0 radical (unpaired) electrons. The van der Waals surface area contributed by atoms with Crippen LogP contribution in [0.15, 0.2) is 23.6 Å². The number of hydrazone groups is 1. The van der Waals surface area contributed by atoms with Gasteiger partial charge in [0.15, 0.2) is 0 Å². The first kappa shape index (κ1) is 17.7. The SMILES string of the molecule is O=C(Cn1cnc(=[N+]([O-])[O-])[nH]1)N/N=C/c1cc(Cl)cc([N+](=O)[O-])c1O. The van der Waals surface area contributed by atoms with Crippen LogP contribution in [0, 0.1) is 20.5 Å². The Kier molecular flexibility index (Phi) is 5.18. The molecule has 2 rings (SSSR count). The summed E-state index contributed by atoms with van der Waals surface area (Å²) in [5.74, 6) is -1.33. The molecule has 1 aromatic carbocycles. The average Bonchev–Trinajstić information content (AvgIpc) is 2.98. The third-order valence-electron chi connectivity index (χ3n) is 2.72. The van der Waals surface area contributed by atoms with Crippen molar-refractivity contribution in [1.82, 2.24) is 25.1 Å². The molecule has 0 aliphatic carbocycles. The predicted octanol–water partition coefficient (Wildman–Crippen LogP) is -0.603. The number of carbonyl (C=O) groups excluding carboxylic acids is 1. The Bertz CT molecular complexity index is 914. The van der Waals surface area contributed by atoms with Crippen LogP contribution in [0.1, 0.15) is 5.56 Å². The zero-order chi connectivity index (χ0) is 18.6. The fourth-order valence-electron chi connectivity index (χ4n) is 1.69. The van der Waals surface area contributed by atoms with Crippen LogP contribution in [0.5, 0.6) is 5.75 Å².